The predicted molar refractivity (Wildman–Crippen MR) is 95.2 cm³/mol. The third kappa shape index (κ3) is 5.53. The molecule has 0 spiro atoms. The molecule has 0 heterocycles. The summed E-state index contributed by atoms with van der Waals surface area (Å²) in [5, 5.41) is 0. The van der Waals surface area contributed by atoms with Gasteiger partial charge in [-0.25, -0.2) is 8.42 Å². The number of anilines is 1. The topological polar surface area (TPSA) is 57.7 Å². The predicted octanol–water partition coefficient (Wildman–Crippen LogP) is 2.66. The van der Waals surface area contributed by atoms with E-state index in [0.717, 1.165) is 24.7 Å². The van der Waals surface area contributed by atoms with Crippen molar-refractivity contribution in [3.8, 4) is 0 Å². The Morgan fingerprint density at radius 3 is 2.09 bits per heavy atom. The Labute approximate surface area is 140 Å². The fourth-order valence-electron chi connectivity index (χ4n) is 2.56. The number of rotatable bonds is 9. The van der Waals surface area contributed by atoms with Crippen molar-refractivity contribution in [2.75, 3.05) is 30.2 Å². The van der Waals surface area contributed by atoms with Crippen molar-refractivity contribution in [2.24, 2.45) is 0 Å². The fraction of sp³-hybridized carbons (Fsp3) is 0.588. The maximum Gasteiger partial charge on any atom is 0.243 e. The van der Waals surface area contributed by atoms with Gasteiger partial charge in [-0.1, -0.05) is 39.0 Å². The molecule has 0 aliphatic rings. The molecule has 1 aromatic rings. The van der Waals surface area contributed by atoms with Gasteiger partial charge in [-0.2, -0.15) is 0 Å². The lowest BCUT2D eigenvalue weighted by Gasteiger charge is -2.28. The maximum absolute atomic E-state index is 12.6. The van der Waals surface area contributed by atoms with Gasteiger partial charge in [0, 0.05) is 13.1 Å². The van der Waals surface area contributed by atoms with Crippen LogP contribution in [0.25, 0.3) is 0 Å². The van der Waals surface area contributed by atoms with Gasteiger partial charge in [0.2, 0.25) is 15.9 Å². The van der Waals surface area contributed by atoms with Crippen molar-refractivity contribution < 1.29 is 13.2 Å². The van der Waals surface area contributed by atoms with E-state index < -0.39 is 10.0 Å². The molecule has 0 atom stereocenters. The Balaban J connectivity index is 3.12. The van der Waals surface area contributed by atoms with Crippen LogP contribution in [0, 0.1) is 0 Å². The van der Waals surface area contributed by atoms with Crippen LogP contribution in [-0.4, -0.2) is 45.1 Å². The molecule has 6 heteroatoms. The molecule has 1 aromatic carbocycles. The van der Waals surface area contributed by atoms with E-state index in [1.165, 1.54) is 4.31 Å². The summed E-state index contributed by atoms with van der Waals surface area (Å²) in [4.78, 5) is 14.3. The molecule has 0 aromatic heterocycles. The number of nitrogens with zero attached hydrogens (tertiary/aromatic N) is 2. The highest BCUT2D eigenvalue weighted by Gasteiger charge is 2.24. The van der Waals surface area contributed by atoms with Gasteiger partial charge >= 0.3 is 0 Å². The molecule has 0 radical (unpaired) electrons. The second kappa shape index (κ2) is 8.91. The lowest BCUT2D eigenvalue weighted by Crippen LogP contribution is -2.43. The van der Waals surface area contributed by atoms with E-state index >= 15 is 0 Å². The summed E-state index contributed by atoms with van der Waals surface area (Å²) in [5.74, 6) is -0.148. The molecule has 5 nitrogen and oxygen atoms in total. The van der Waals surface area contributed by atoms with Crippen LogP contribution in [0.15, 0.2) is 24.3 Å². The zero-order valence-corrected chi connectivity index (χ0v) is 15.4. The van der Waals surface area contributed by atoms with E-state index in [1.807, 2.05) is 32.9 Å². The lowest BCUT2D eigenvalue weighted by molar-refractivity contribution is -0.129. The van der Waals surface area contributed by atoms with Gasteiger partial charge in [-0.05, 0) is 30.9 Å². The van der Waals surface area contributed by atoms with Crippen LogP contribution in [0.4, 0.5) is 5.69 Å². The molecule has 0 aliphatic heterocycles. The fourth-order valence-corrected chi connectivity index (χ4v) is 3.44. The maximum atomic E-state index is 12.6. The Morgan fingerprint density at radius 1 is 1.04 bits per heavy atom. The molecule has 1 rings (SSSR count). The summed E-state index contributed by atoms with van der Waals surface area (Å²) in [6.07, 6.45) is 3.58. The molecule has 0 aliphatic carbocycles. The van der Waals surface area contributed by atoms with Gasteiger partial charge < -0.3 is 4.90 Å². The van der Waals surface area contributed by atoms with Crippen LogP contribution in [0.5, 0.6) is 0 Å². The van der Waals surface area contributed by atoms with Gasteiger partial charge in [-0.3, -0.25) is 9.10 Å². The SMILES string of the molecule is CCCN(CCC)C(=O)CN(c1ccccc1CC)S(C)(=O)=O. The number of carbonyl (C=O) groups is 1. The van der Waals surface area contributed by atoms with E-state index in [2.05, 4.69) is 0 Å². The molecule has 1 amide bonds. The van der Waals surface area contributed by atoms with Crippen molar-refractivity contribution in [2.45, 2.75) is 40.0 Å². The standard InChI is InChI=1S/C17H28N2O3S/c1-5-12-18(13-6-2)17(20)14-19(23(4,21)22)16-11-9-8-10-15(16)7-3/h8-11H,5-7,12-14H2,1-4H3. The third-order valence-corrected chi connectivity index (χ3v) is 4.79. The molecule has 23 heavy (non-hydrogen) atoms. The first-order valence-corrected chi connectivity index (χ1v) is 10.0. The van der Waals surface area contributed by atoms with Crippen molar-refractivity contribution in [1.82, 2.24) is 4.90 Å². The molecule has 0 unspecified atom stereocenters. The molecule has 0 bridgehead atoms. The van der Waals surface area contributed by atoms with Gasteiger partial charge in [0.15, 0.2) is 0 Å². The van der Waals surface area contributed by atoms with Crippen molar-refractivity contribution in [3.05, 3.63) is 29.8 Å². The quantitative estimate of drug-likeness (QED) is 0.694. The van der Waals surface area contributed by atoms with Crippen LogP contribution in [-0.2, 0) is 21.2 Å². The Morgan fingerprint density at radius 2 is 1.61 bits per heavy atom. The number of para-hydroxylation sites is 1. The number of benzene rings is 1. The van der Waals surface area contributed by atoms with Gasteiger partial charge in [-0.15, -0.1) is 0 Å². The summed E-state index contributed by atoms with van der Waals surface area (Å²) < 4.78 is 25.7. The summed E-state index contributed by atoms with van der Waals surface area (Å²) in [6, 6.07) is 7.34. The zero-order valence-electron chi connectivity index (χ0n) is 14.6. The minimum Gasteiger partial charge on any atom is -0.341 e. The van der Waals surface area contributed by atoms with Crippen molar-refractivity contribution in [1.29, 1.82) is 0 Å². The second-order valence-corrected chi connectivity index (χ2v) is 7.54. The average molecular weight is 340 g/mol. The van der Waals surface area contributed by atoms with Gasteiger partial charge in [0.05, 0.1) is 11.9 Å². The summed E-state index contributed by atoms with van der Waals surface area (Å²) >= 11 is 0. The highest BCUT2D eigenvalue weighted by Crippen LogP contribution is 2.23. The van der Waals surface area contributed by atoms with Crippen LogP contribution in [0.3, 0.4) is 0 Å². The molecular weight excluding hydrogens is 312 g/mol. The third-order valence-electron chi connectivity index (χ3n) is 3.66. The highest BCUT2D eigenvalue weighted by atomic mass is 32.2. The Bertz CT molecular complexity index is 608. The molecule has 0 fully saturated rings. The van der Waals surface area contributed by atoms with Crippen LogP contribution in [0.2, 0.25) is 0 Å². The lowest BCUT2D eigenvalue weighted by atomic mass is 10.1. The number of sulfonamides is 1. The zero-order chi connectivity index (χ0) is 17.5. The smallest absolute Gasteiger partial charge is 0.243 e. The first-order valence-electron chi connectivity index (χ1n) is 8.18. The van der Waals surface area contributed by atoms with E-state index in [-0.39, 0.29) is 12.5 Å². The van der Waals surface area contributed by atoms with Crippen molar-refractivity contribution in [3.63, 3.8) is 0 Å². The van der Waals surface area contributed by atoms with E-state index in [9.17, 15) is 13.2 Å². The summed E-state index contributed by atoms with van der Waals surface area (Å²) in [5.41, 5.74) is 1.52. The average Bonchev–Trinajstić information content (AvgIpc) is 2.51. The van der Waals surface area contributed by atoms with Crippen LogP contribution in [0.1, 0.15) is 39.2 Å². The Kier molecular flexibility index (Phi) is 7.55. The molecule has 130 valence electrons. The second-order valence-electron chi connectivity index (χ2n) is 5.63. The summed E-state index contributed by atoms with van der Waals surface area (Å²) in [6.45, 7) is 7.16. The van der Waals surface area contributed by atoms with Gasteiger partial charge in [0.1, 0.15) is 6.54 Å². The largest absolute Gasteiger partial charge is 0.341 e. The number of carbonyl (C=O) groups excluding carboxylic acids is 1. The van der Waals surface area contributed by atoms with Gasteiger partial charge in [0.25, 0.3) is 0 Å². The molecule has 0 N–H and O–H groups in total. The minimum atomic E-state index is -3.52. The van der Waals surface area contributed by atoms with Crippen molar-refractivity contribution >= 4 is 21.6 Å². The number of aryl methyl sites for hydroxylation is 1. The molecule has 0 saturated heterocycles. The van der Waals surface area contributed by atoms with Crippen LogP contribution < -0.4 is 4.31 Å². The normalized spacial score (nSPS) is 11.3. The summed E-state index contributed by atoms with van der Waals surface area (Å²) in [7, 11) is -3.52. The molecule has 0 saturated carbocycles. The number of hydrogen-bond donors (Lipinski definition) is 0. The number of hydrogen-bond acceptors (Lipinski definition) is 3. The first kappa shape index (κ1) is 19.5. The van der Waals surface area contributed by atoms with E-state index in [0.29, 0.717) is 25.2 Å². The highest BCUT2D eigenvalue weighted by molar-refractivity contribution is 7.92. The monoisotopic (exact) mass is 340 g/mol. The molecular formula is C17H28N2O3S. The Hall–Kier alpha value is -1.56. The van der Waals surface area contributed by atoms with Crippen LogP contribution >= 0.6 is 0 Å². The van der Waals surface area contributed by atoms with E-state index in [4.69, 9.17) is 0 Å². The first-order chi connectivity index (χ1) is 10.8. The minimum absolute atomic E-state index is 0.143. The van der Waals surface area contributed by atoms with E-state index in [1.54, 1.807) is 17.0 Å². The number of amides is 1.